The van der Waals surface area contributed by atoms with Gasteiger partial charge in [0, 0.05) is 58.3 Å². The first-order valence-corrected chi connectivity index (χ1v) is 16.6. The van der Waals surface area contributed by atoms with E-state index in [-0.39, 0.29) is 0 Å². The topological polar surface area (TPSA) is 30.7 Å². The number of benzene rings is 6. The molecule has 0 aliphatic rings. The molecule has 3 nitrogen and oxygen atoms in total. The third kappa shape index (κ3) is 3.62. The van der Waals surface area contributed by atoms with Crippen LogP contribution in [0.25, 0.3) is 90.2 Å². The molecule has 0 fully saturated rings. The molecule has 0 saturated carbocycles. The lowest BCUT2D eigenvalue weighted by molar-refractivity contribution is 1.19. The molecule has 0 aliphatic carbocycles. The number of aromatic nitrogens is 3. The molecule has 0 bridgehead atoms. The zero-order chi connectivity index (χ0) is 29.5. The van der Waals surface area contributed by atoms with Crippen molar-refractivity contribution in [1.29, 1.82) is 0 Å². The Bertz CT molecular complexity index is 2670. The molecule has 0 N–H and O–H groups in total. The smallest absolute Gasteiger partial charge is 0.127 e. The van der Waals surface area contributed by atoms with Gasteiger partial charge in [-0.2, -0.15) is 0 Å². The van der Waals surface area contributed by atoms with Gasteiger partial charge in [0.05, 0.1) is 11.0 Å². The predicted octanol–water partition coefficient (Wildman–Crippen LogP) is 11.6. The van der Waals surface area contributed by atoms with Crippen LogP contribution >= 0.6 is 22.7 Å². The second-order valence-electron chi connectivity index (χ2n) is 11.4. The number of rotatable bonds is 3. The van der Waals surface area contributed by atoms with Crippen LogP contribution < -0.4 is 0 Å². The normalized spacial score (nSPS) is 12.0. The van der Waals surface area contributed by atoms with Crippen molar-refractivity contribution in [3.63, 3.8) is 0 Å². The maximum atomic E-state index is 4.76. The van der Waals surface area contributed by atoms with Gasteiger partial charge in [-0.25, -0.2) is 9.97 Å². The van der Waals surface area contributed by atoms with Crippen LogP contribution in [0.15, 0.2) is 140 Å². The van der Waals surface area contributed by atoms with Crippen molar-refractivity contribution in [3.8, 4) is 27.9 Å². The van der Waals surface area contributed by atoms with E-state index in [9.17, 15) is 0 Å². The summed E-state index contributed by atoms with van der Waals surface area (Å²) in [7, 11) is 0. The highest BCUT2D eigenvalue weighted by molar-refractivity contribution is 7.30. The summed E-state index contributed by atoms with van der Waals surface area (Å²) in [6.07, 6.45) is 3.67. The van der Waals surface area contributed by atoms with E-state index in [1.54, 1.807) is 17.7 Å². The average Bonchev–Trinajstić information content (AvgIpc) is 3.78. The van der Waals surface area contributed by atoms with Gasteiger partial charge in [0.25, 0.3) is 0 Å². The van der Waals surface area contributed by atoms with Crippen molar-refractivity contribution in [2.45, 2.75) is 0 Å². The summed E-state index contributed by atoms with van der Waals surface area (Å²) >= 11 is 3.68. The number of fused-ring (bicyclic) bond motifs is 12. The molecule has 0 amide bonds. The predicted molar refractivity (Wildman–Crippen MR) is 193 cm³/mol. The zero-order valence-corrected chi connectivity index (χ0v) is 25.6. The minimum atomic E-state index is 1.02. The maximum absolute atomic E-state index is 4.76. The molecule has 10 rings (SSSR count). The number of hydrogen-bond acceptors (Lipinski definition) is 4. The second-order valence-corrected chi connectivity index (χ2v) is 13.5. The molecule has 0 atom stereocenters. The second kappa shape index (κ2) is 9.57. The SMILES string of the molecule is c1ccc(-c2cc(-c3ccccc3)cc(-n3c4ccccc4c4c5sc6ccccc6c5c5sc6ncncc6c5c43)c2)cc1. The summed E-state index contributed by atoms with van der Waals surface area (Å²) < 4.78 is 6.40. The number of thiophene rings is 2. The van der Waals surface area contributed by atoms with Gasteiger partial charge >= 0.3 is 0 Å². The Hall–Kier alpha value is -5.36. The molecule has 210 valence electrons. The van der Waals surface area contributed by atoms with E-state index in [0.717, 1.165) is 15.9 Å². The Morgan fingerprint density at radius 2 is 1.13 bits per heavy atom. The van der Waals surface area contributed by atoms with E-state index in [0.29, 0.717) is 0 Å². The van der Waals surface area contributed by atoms with Crippen molar-refractivity contribution in [2.24, 2.45) is 0 Å². The van der Waals surface area contributed by atoms with Crippen LogP contribution in [-0.4, -0.2) is 14.5 Å². The van der Waals surface area contributed by atoms with E-state index >= 15 is 0 Å². The first-order chi connectivity index (χ1) is 22.3. The van der Waals surface area contributed by atoms with Crippen LogP contribution in [0.3, 0.4) is 0 Å². The lowest BCUT2D eigenvalue weighted by atomic mass is 9.98. The van der Waals surface area contributed by atoms with Crippen LogP contribution in [0.1, 0.15) is 0 Å². The van der Waals surface area contributed by atoms with Gasteiger partial charge in [-0.05, 0) is 52.6 Å². The third-order valence-electron chi connectivity index (χ3n) is 8.92. The standard InChI is InChI=1S/C40H23N3S2/c1-3-11-24(12-4-1)26-19-27(25-13-5-2-6-14-25)21-28(20-26)43-32-17-9-7-15-29(32)34-37(43)35-31-22-41-23-42-40(31)45-39(35)36-30-16-8-10-18-33(30)44-38(34)36/h1-23H. The molecule has 45 heavy (non-hydrogen) atoms. The fourth-order valence-electron chi connectivity index (χ4n) is 7.01. The van der Waals surface area contributed by atoms with Gasteiger partial charge < -0.3 is 4.57 Å². The Labute approximate surface area is 266 Å². The largest absolute Gasteiger partial charge is 0.308 e. The van der Waals surface area contributed by atoms with Crippen molar-refractivity contribution in [3.05, 3.63) is 140 Å². The fraction of sp³-hybridized carbons (Fsp3) is 0. The molecule has 0 saturated heterocycles. The van der Waals surface area contributed by atoms with Crippen LogP contribution in [0.5, 0.6) is 0 Å². The van der Waals surface area contributed by atoms with Gasteiger partial charge in [0.1, 0.15) is 11.2 Å². The Morgan fingerprint density at radius 3 is 1.89 bits per heavy atom. The third-order valence-corrected chi connectivity index (χ3v) is 11.2. The van der Waals surface area contributed by atoms with Gasteiger partial charge in [0.15, 0.2) is 0 Å². The summed E-state index contributed by atoms with van der Waals surface area (Å²) in [6, 6.07) is 46.1. The highest BCUT2D eigenvalue weighted by Gasteiger charge is 2.25. The Morgan fingerprint density at radius 1 is 0.511 bits per heavy atom. The van der Waals surface area contributed by atoms with Crippen molar-refractivity contribution < 1.29 is 0 Å². The molecule has 10 aromatic rings. The van der Waals surface area contributed by atoms with E-state index < -0.39 is 0 Å². The van der Waals surface area contributed by atoms with E-state index in [1.165, 1.54) is 74.3 Å². The summed E-state index contributed by atoms with van der Waals surface area (Å²) in [4.78, 5) is 10.3. The lowest BCUT2D eigenvalue weighted by Gasteiger charge is -2.15. The van der Waals surface area contributed by atoms with E-state index in [2.05, 4.69) is 137 Å². The molecule has 0 unspecified atom stereocenters. The Kier molecular flexibility index (Phi) is 5.32. The van der Waals surface area contributed by atoms with Gasteiger partial charge in [-0.3, -0.25) is 0 Å². The molecular weight excluding hydrogens is 587 g/mol. The van der Waals surface area contributed by atoms with Crippen LogP contribution in [-0.2, 0) is 0 Å². The molecule has 0 radical (unpaired) electrons. The highest BCUT2D eigenvalue weighted by Crippen LogP contribution is 2.51. The van der Waals surface area contributed by atoms with Crippen LogP contribution in [0, 0.1) is 0 Å². The molecule has 0 aliphatic heterocycles. The summed E-state index contributed by atoms with van der Waals surface area (Å²) in [5, 5.41) is 7.51. The Balaban J connectivity index is 1.45. The van der Waals surface area contributed by atoms with E-state index in [1.807, 2.05) is 17.5 Å². The minimum Gasteiger partial charge on any atom is -0.308 e. The molecule has 6 aromatic carbocycles. The molecular formula is C40H23N3S2. The van der Waals surface area contributed by atoms with Crippen molar-refractivity contribution in [2.75, 3.05) is 0 Å². The lowest BCUT2D eigenvalue weighted by Crippen LogP contribution is -1.96. The molecule has 4 heterocycles. The summed E-state index contributed by atoms with van der Waals surface area (Å²) in [5.74, 6) is 0. The minimum absolute atomic E-state index is 1.02. The molecule has 5 heteroatoms. The fourth-order valence-corrected chi connectivity index (χ4v) is 9.52. The zero-order valence-electron chi connectivity index (χ0n) is 23.9. The first-order valence-electron chi connectivity index (χ1n) is 15.0. The molecule has 4 aromatic heterocycles. The van der Waals surface area contributed by atoms with Crippen molar-refractivity contribution in [1.82, 2.24) is 14.5 Å². The van der Waals surface area contributed by atoms with Crippen molar-refractivity contribution >= 4 is 85.0 Å². The maximum Gasteiger partial charge on any atom is 0.127 e. The highest BCUT2D eigenvalue weighted by atomic mass is 32.1. The molecule has 0 spiro atoms. The number of nitrogens with zero attached hydrogens (tertiary/aromatic N) is 3. The van der Waals surface area contributed by atoms with Crippen LogP contribution in [0.4, 0.5) is 0 Å². The number of hydrogen-bond donors (Lipinski definition) is 0. The summed E-state index contributed by atoms with van der Waals surface area (Å²) in [5.41, 5.74) is 8.33. The van der Waals surface area contributed by atoms with Crippen LogP contribution in [0.2, 0.25) is 0 Å². The average molecular weight is 610 g/mol. The van der Waals surface area contributed by atoms with Gasteiger partial charge in [0.2, 0.25) is 0 Å². The monoisotopic (exact) mass is 609 g/mol. The number of para-hydroxylation sites is 1. The van der Waals surface area contributed by atoms with E-state index in [4.69, 9.17) is 4.98 Å². The quantitative estimate of drug-likeness (QED) is 0.199. The van der Waals surface area contributed by atoms with Gasteiger partial charge in [-0.1, -0.05) is 97.1 Å². The van der Waals surface area contributed by atoms with Gasteiger partial charge in [-0.15, -0.1) is 22.7 Å². The summed E-state index contributed by atoms with van der Waals surface area (Å²) in [6.45, 7) is 0. The first kappa shape index (κ1) is 25.0.